The molecular weight excluding hydrogens is 260 g/mol. The van der Waals surface area contributed by atoms with Gasteiger partial charge < -0.3 is 15.1 Å². The van der Waals surface area contributed by atoms with Crippen molar-refractivity contribution in [3.63, 3.8) is 0 Å². The fourth-order valence-electron chi connectivity index (χ4n) is 2.81. The van der Waals surface area contributed by atoms with E-state index >= 15 is 0 Å². The van der Waals surface area contributed by atoms with Crippen molar-refractivity contribution >= 4 is 0 Å². The van der Waals surface area contributed by atoms with Gasteiger partial charge in [0.1, 0.15) is 11.6 Å². The van der Waals surface area contributed by atoms with Gasteiger partial charge in [0.25, 0.3) is 0 Å². The van der Waals surface area contributed by atoms with E-state index in [2.05, 4.69) is 29.2 Å². The maximum atomic E-state index is 13.9. The van der Waals surface area contributed by atoms with Crippen LogP contribution in [-0.2, 0) is 0 Å². The Hall–Kier alpha value is -1.04. The van der Waals surface area contributed by atoms with Gasteiger partial charge in [0, 0.05) is 37.3 Å². The molecule has 0 amide bonds. The number of nitrogens with one attached hydrogen (secondary N) is 1. The van der Waals surface area contributed by atoms with E-state index in [4.69, 9.17) is 0 Å². The molecule has 2 rings (SSSR count). The molecule has 0 saturated carbocycles. The van der Waals surface area contributed by atoms with Gasteiger partial charge in [0.05, 0.1) is 0 Å². The molecule has 0 radical (unpaired) electrons. The molecule has 1 heterocycles. The highest BCUT2D eigenvalue weighted by Crippen LogP contribution is 2.25. The minimum Gasteiger partial charge on any atom is -0.313 e. The van der Waals surface area contributed by atoms with E-state index in [1.54, 1.807) is 7.05 Å². The fraction of sp³-hybridized carbons (Fsp3) is 0.600. The third-order valence-corrected chi connectivity index (χ3v) is 4.17. The molecule has 1 N–H and O–H groups in total. The molecule has 0 aliphatic carbocycles. The van der Waals surface area contributed by atoms with E-state index in [1.807, 2.05) is 0 Å². The van der Waals surface area contributed by atoms with Crippen molar-refractivity contribution < 1.29 is 8.78 Å². The van der Waals surface area contributed by atoms with Crippen LogP contribution in [0.15, 0.2) is 18.2 Å². The second-order valence-corrected chi connectivity index (χ2v) is 5.64. The Morgan fingerprint density at radius 1 is 1.30 bits per heavy atom. The van der Waals surface area contributed by atoms with Gasteiger partial charge in [0.15, 0.2) is 0 Å². The zero-order chi connectivity index (χ0) is 14.7. The van der Waals surface area contributed by atoms with Crippen molar-refractivity contribution in [3.8, 4) is 0 Å². The molecule has 5 heteroatoms. The Labute approximate surface area is 119 Å². The Kier molecular flexibility index (Phi) is 5.07. The van der Waals surface area contributed by atoms with Crippen LogP contribution in [0.5, 0.6) is 0 Å². The molecule has 112 valence electrons. The van der Waals surface area contributed by atoms with Gasteiger partial charge in [0.2, 0.25) is 0 Å². The largest absolute Gasteiger partial charge is 0.313 e. The van der Waals surface area contributed by atoms with Crippen LogP contribution in [0.2, 0.25) is 0 Å². The highest BCUT2D eigenvalue weighted by molar-refractivity contribution is 5.22. The summed E-state index contributed by atoms with van der Waals surface area (Å²) in [5.74, 6) is -0.742. The molecule has 2 unspecified atom stereocenters. The average Bonchev–Trinajstić information content (AvgIpc) is 2.42. The summed E-state index contributed by atoms with van der Waals surface area (Å²) < 4.78 is 27.3. The molecule has 3 nitrogen and oxygen atoms in total. The second-order valence-electron chi connectivity index (χ2n) is 5.64. The van der Waals surface area contributed by atoms with Crippen molar-refractivity contribution in [2.24, 2.45) is 0 Å². The van der Waals surface area contributed by atoms with Crippen LogP contribution >= 0.6 is 0 Å². The van der Waals surface area contributed by atoms with Crippen molar-refractivity contribution in [2.45, 2.75) is 18.5 Å². The van der Waals surface area contributed by atoms with E-state index in [0.29, 0.717) is 11.6 Å². The maximum Gasteiger partial charge on any atom is 0.128 e. The summed E-state index contributed by atoms with van der Waals surface area (Å²) in [4.78, 5) is 4.57. The quantitative estimate of drug-likeness (QED) is 0.910. The van der Waals surface area contributed by atoms with Crippen LogP contribution in [0.3, 0.4) is 0 Å². The van der Waals surface area contributed by atoms with Crippen LogP contribution < -0.4 is 5.32 Å². The van der Waals surface area contributed by atoms with E-state index in [9.17, 15) is 8.78 Å². The molecule has 0 aromatic heterocycles. The highest BCUT2D eigenvalue weighted by atomic mass is 19.1. The summed E-state index contributed by atoms with van der Waals surface area (Å²) in [5.41, 5.74) is 0.411. The number of halogens is 2. The number of piperazine rings is 1. The number of hydrogen-bond acceptors (Lipinski definition) is 3. The number of hydrogen-bond donors (Lipinski definition) is 1. The zero-order valence-corrected chi connectivity index (χ0v) is 12.4. The summed E-state index contributed by atoms with van der Waals surface area (Å²) in [5, 5.41) is 3.12. The lowest BCUT2D eigenvalue weighted by atomic mass is 9.96. The molecule has 1 aromatic rings. The molecular formula is C15H23F2N3. The number of likely N-dealkylation sites (N-methyl/N-ethyl adjacent to an activating group) is 2. The zero-order valence-electron chi connectivity index (χ0n) is 12.4. The molecule has 1 aliphatic rings. The number of benzene rings is 1. The first-order valence-electron chi connectivity index (χ1n) is 7.02. The Morgan fingerprint density at radius 2 is 2.05 bits per heavy atom. The van der Waals surface area contributed by atoms with Gasteiger partial charge in [-0.25, -0.2) is 8.78 Å². The fourth-order valence-corrected chi connectivity index (χ4v) is 2.81. The predicted octanol–water partition coefficient (Wildman–Crippen LogP) is 1.86. The summed E-state index contributed by atoms with van der Waals surface area (Å²) >= 11 is 0. The van der Waals surface area contributed by atoms with Crippen molar-refractivity contribution in [2.75, 3.05) is 40.8 Å². The van der Waals surface area contributed by atoms with Crippen molar-refractivity contribution in [1.29, 1.82) is 0 Å². The average molecular weight is 283 g/mol. The molecule has 0 bridgehead atoms. The van der Waals surface area contributed by atoms with Gasteiger partial charge in [-0.1, -0.05) is 0 Å². The number of rotatable bonds is 4. The second kappa shape index (κ2) is 6.61. The van der Waals surface area contributed by atoms with Crippen molar-refractivity contribution in [3.05, 3.63) is 35.4 Å². The van der Waals surface area contributed by atoms with E-state index in [-0.39, 0.29) is 11.9 Å². The Bertz CT molecular complexity index is 453. The summed E-state index contributed by atoms with van der Waals surface area (Å²) in [6.07, 6.45) is 0.762. The summed E-state index contributed by atoms with van der Waals surface area (Å²) in [7, 11) is 5.98. The standard InChI is InChI=1S/C15H23F2N3/c1-18-15(13-8-11(16)4-5-14(13)17)9-12-10-19(2)6-7-20(12)3/h4-5,8,12,15,18H,6-7,9-10H2,1-3H3. The number of nitrogens with zero attached hydrogens (tertiary/aromatic N) is 2. The minimum atomic E-state index is -0.393. The van der Waals surface area contributed by atoms with Gasteiger partial charge >= 0.3 is 0 Å². The summed E-state index contributed by atoms with van der Waals surface area (Å²) in [6, 6.07) is 3.82. The van der Waals surface area contributed by atoms with Crippen LogP contribution in [0.4, 0.5) is 8.78 Å². The third-order valence-electron chi connectivity index (χ3n) is 4.17. The topological polar surface area (TPSA) is 18.5 Å². The van der Waals surface area contributed by atoms with Crippen LogP contribution in [0.25, 0.3) is 0 Å². The van der Waals surface area contributed by atoms with Crippen LogP contribution in [0, 0.1) is 11.6 Å². The lowest BCUT2D eigenvalue weighted by Gasteiger charge is -2.39. The van der Waals surface area contributed by atoms with Crippen LogP contribution in [-0.4, -0.2) is 56.6 Å². The van der Waals surface area contributed by atoms with Crippen molar-refractivity contribution in [1.82, 2.24) is 15.1 Å². The van der Waals surface area contributed by atoms with E-state index in [1.165, 1.54) is 12.1 Å². The predicted molar refractivity (Wildman–Crippen MR) is 76.7 cm³/mol. The first kappa shape index (κ1) is 15.4. The first-order chi connectivity index (χ1) is 9.51. The molecule has 1 saturated heterocycles. The molecule has 20 heavy (non-hydrogen) atoms. The lowest BCUT2D eigenvalue weighted by Crippen LogP contribution is -2.51. The van der Waals surface area contributed by atoms with Gasteiger partial charge in [-0.15, -0.1) is 0 Å². The molecule has 0 spiro atoms. The normalized spacial score (nSPS) is 22.9. The molecule has 1 fully saturated rings. The summed E-state index contributed by atoms with van der Waals surface area (Å²) in [6.45, 7) is 3.00. The van der Waals surface area contributed by atoms with Gasteiger partial charge in [-0.2, -0.15) is 0 Å². The highest BCUT2D eigenvalue weighted by Gasteiger charge is 2.26. The maximum absolute atomic E-state index is 13.9. The van der Waals surface area contributed by atoms with E-state index < -0.39 is 5.82 Å². The van der Waals surface area contributed by atoms with Gasteiger partial charge in [-0.3, -0.25) is 0 Å². The Morgan fingerprint density at radius 3 is 2.75 bits per heavy atom. The van der Waals surface area contributed by atoms with Gasteiger partial charge in [-0.05, 0) is 45.8 Å². The molecule has 2 atom stereocenters. The smallest absolute Gasteiger partial charge is 0.128 e. The lowest BCUT2D eigenvalue weighted by molar-refractivity contribution is 0.101. The molecule has 1 aromatic carbocycles. The monoisotopic (exact) mass is 283 g/mol. The van der Waals surface area contributed by atoms with E-state index in [0.717, 1.165) is 32.1 Å². The molecule has 1 aliphatic heterocycles. The Balaban J connectivity index is 2.13. The minimum absolute atomic E-state index is 0.176. The third kappa shape index (κ3) is 3.53. The van der Waals surface area contributed by atoms with Crippen LogP contribution in [0.1, 0.15) is 18.0 Å². The SMILES string of the molecule is CNC(CC1CN(C)CCN1C)c1cc(F)ccc1F. The first-order valence-corrected chi connectivity index (χ1v) is 7.02.